The number of aryl methyl sites for hydroxylation is 1. The normalized spacial score (nSPS) is 18.1. The molecule has 180 valence electrons. The highest BCUT2D eigenvalue weighted by Gasteiger charge is 2.23. The fourth-order valence-electron chi connectivity index (χ4n) is 5.26. The Bertz CT molecular complexity index is 1060. The van der Waals surface area contributed by atoms with Crippen LogP contribution in [0.2, 0.25) is 0 Å². The molecular weight excluding hydrogens is 422 g/mol. The van der Waals surface area contributed by atoms with Gasteiger partial charge < -0.3 is 10.2 Å². The number of para-hydroxylation sites is 1. The summed E-state index contributed by atoms with van der Waals surface area (Å²) in [6, 6.07) is 12.9. The summed E-state index contributed by atoms with van der Waals surface area (Å²) < 4.78 is 2.08. The van der Waals surface area contributed by atoms with Crippen molar-refractivity contribution in [1.29, 1.82) is 0 Å². The molecular formula is C27H37N7. The van der Waals surface area contributed by atoms with E-state index in [1.807, 2.05) is 12.3 Å². The fraction of sp³-hybridized carbons (Fsp3) is 0.519. The summed E-state index contributed by atoms with van der Waals surface area (Å²) >= 11 is 0. The summed E-state index contributed by atoms with van der Waals surface area (Å²) in [7, 11) is 0. The molecule has 2 aliphatic rings. The van der Waals surface area contributed by atoms with Gasteiger partial charge in [-0.2, -0.15) is 10.1 Å². The Morgan fingerprint density at radius 3 is 2.38 bits per heavy atom. The number of aromatic nitrogens is 4. The largest absolute Gasteiger partial charge is 0.356 e. The van der Waals surface area contributed by atoms with E-state index in [2.05, 4.69) is 69.0 Å². The molecule has 34 heavy (non-hydrogen) atoms. The molecule has 0 amide bonds. The van der Waals surface area contributed by atoms with Crippen molar-refractivity contribution in [2.75, 3.05) is 36.4 Å². The molecule has 2 fully saturated rings. The van der Waals surface area contributed by atoms with Gasteiger partial charge in [-0.05, 0) is 57.7 Å². The lowest BCUT2D eigenvalue weighted by atomic mass is 10.0. The van der Waals surface area contributed by atoms with E-state index in [1.54, 1.807) is 0 Å². The van der Waals surface area contributed by atoms with Crippen LogP contribution >= 0.6 is 0 Å². The summed E-state index contributed by atoms with van der Waals surface area (Å²) in [5, 5.41) is 8.44. The molecule has 1 N–H and O–H groups in total. The Balaban J connectivity index is 1.17. The summed E-state index contributed by atoms with van der Waals surface area (Å²) in [5.41, 5.74) is 4.84. The summed E-state index contributed by atoms with van der Waals surface area (Å²) in [6.45, 7) is 9.62. The van der Waals surface area contributed by atoms with Crippen LogP contribution in [0.3, 0.4) is 0 Å². The van der Waals surface area contributed by atoms with Gasteiger partial charge in [-0.15, -0.1) is 0 Å². The van der Waals surface area contributed by atoms with Gasteiger partial charge >= 0.3 is 0 Å². The fourth-order valence-corrected chi connectivity index (χ4v) is 5.26. The molecule has 0 unspecified atom stereocenters. The number of piperidine rings is 1. The Morgan fingerprint density at radius 1 is 0.912 bits per heavy atom. The summed E-state index contributed by atoms with van der Waals surface area (Å²) in [6.07, 6.45) is 9.28. The molecule has 2 aliphatic heterocycles. The van der Waals surface area contributed by atoms with Crippen LogP contribution in [0.25, 0.3) is 5.69 Å². The van der Waals surface area contributed by atoms with Crippen molar-refractivity contribution in [3.63, 3.8) is 0 Å². The molecule has 3 aromatic rings. The zero-order valence-corrected chi connectivity index (χ0v) is 20.6. The second-order valence-corrected chi connectivity index (χ2v) is 9.73. The minimum atomic E-state index is 0.421. The zero-order valence-electron chi connectivity index (χ0n) is 20.6. The van der Waals surface area contributed by atoms with Crippen LogP contribution in [0.15, 0.2) is 42.6 Å². The molecule has 2 aromatic heterocycles. The monoisotopic (exact) mass is 459 g/mol. The van der Waals surface area contributed by atoms with Crippen LogP contribution in [0.4, 0.5) is 11.8 Å². The highest BCUT2D eigenvalue weighted by Crippen LogP contribution is 2.23. The van der Waals surface area contributed by atoms with E-state index >= 15 is 0 Å². The van der Waals surface area contributed by atoms with Crippen molar-refractivity contribution < 1.29 is 0 Å². The first-order chi connectivity index (χ1) is 16.7. The molecule has 0 saturated carbocycles. The lowest BCUT2D eigenvalue weighted by Gasteiger charge is -2.32. The molecule has 0 aliphatic carbocycles. The Hall–Kier alpha value is -2.93. The lowest BCUT2D eigenvalue weighted by Crippen LogP contribution is -2.39. The maximum atomic E-state index is 4.85. The lowest BCUT2D eigenvalue weighted by molar-refractivity contribution is 0.210. The third-order valence-corrected chi connectivity index (χ3v) is 7.32. The predicted molar refractivity (Wildman–Crippen MR) is 138 cm³/mol. The average molecular weight is 460 g/mol. The minimum Gasteiger partial charge on any atom is -0.356 e. The number of hydrogen-bond acceptors (Lipinski definition) is 6. The van der Waals surface area contributed by atoms with Crippen LogP contribution < -0.4 is 10.2 Å². The summed E-state index contributed by atoms with van der Waals surface area (Å²) in [5.74, 6) is 1.84. The highest BCUT2D eigenvalue weighted by molar-refractivity contribution is 5.43. The van der Waals surface area contributed by atoms with Crippen LogP contribution in [-0.4, -0.2) is 56.9 Å². The molecule has 5 rings (SSSR count). The van der Waals surface area contributed by atoms with Gasteiger partial charge in [-0.3, -0.25) is 4.90 Å². The Labute approximate surface area is 203 Å². The maximum absolute atomic E-state index is 4.85. The Kier molecular flexibility index (Phi) is 7.09. The number of nitrogens with zero attached hydrogens (tertiary/aromatic N) is 6. The first-order valence-corrected chi connectivity index (χ1v) is 12.8. The zero-order chi connectivity index (χ0) is 23.3. The summed E-state index contributed by atoms with van der Waals surface area (Å²) in [4.78, 5) is 14.3. The molecule has 0 bridgehead atoms. The molecule has 2 saturated heterocycles. The van der Waals surface area contributed by atoms with Crippen LogP contribution in [0.5, 0.6) is 0 Å². The molecule has 1 aromatic carbocycles. The topological polar surface area (TPSA) is 62.1 Å². The van der Waals surface area contributed by atoms with Gasteiger partial charge in [0.1, 0.15) is 5.82 Å². The van der Waals surface area contributed by atoms with Crippen molar-refractivity contribution in [3.05, 3.63) is 59.5 Å². The number of nitrogens with one attached hydrogen (secondary N) is 1. The van der Waals surface area contributed by atoms with Crippen molar-refractivity contribution in [2.45, 2.75) is 65.0 Å². The average Bonchev–Trinajstić information content (AvgIpc) is 3.04. The van der Waals surface area contributed by atoms with Crippen LogP contribution in [0.1, 0.15) is 55.5 Å². The highest BCUT2D eigenvalue weighted by atomic mass is 15.3. The van der Waals surface area contributed by atoms with Crippen molar-refractivity contribution in [2.24, 2.45) is 0 Å². The van der Waals surface area contributed by atoms with Gasteiger partial charge in [0.15, 0.2) is 0 Å². The van der Waals surface area contributed by atoms with Crippen molar-refractivity contribution in [1.82, 2.24) is 24.6 Å². The van der Waals surface area contributed by atoms with Crippen molar-refractivity contribution >= 4 is 11.8 Å². The molecule has 7 nitrogen and oxygen atoms in total. The molecule has 4 heterocycles. The predicted octanol–water partition coefficient (Wildman–Crippen LogP) is 4.74. The van der Waals surface area contributed by atoms with E-state index in [9.17, 15) is 0 Å². The number of likely N-dealkylation sites (tertiary alicyclic amines) is 1. The molecule has 0 spiro atoms. The van der Waals surface area contributed by atoms with Crippen LogP contribution in [-0.2, 0) is 6.54 Å². The van der Waals surface area contributed by atoms with E-state index in [4.69, 9.17) is 10.1 Å². The molecule has 0 radical (unpaired) electrons. The third kappa shape index (κ3) is 5.25. The second-order valence-electron chi connectivity index (χ2n) is 9.73. The number of anilines is 2. The van der Waals surface area contributed by atoms with E-state index in [0.29, 0.717) is 6.04 Å². The first kappa shape index (κ1) is 22.8. The number of benzene rings is 1. The third-order valence-electron chi connectivity index (χ3n) is 7.32. The smallest absolute Gasteiger partial charge is 0.224 e. The molecule has 7 heteroatoms. The van der Waals surface area contributed by atoms with Gasteiger partial charge in [0.2, 0.25) is 5.95 Å². The van der Waals surface area contributed by atoms with E-state index in [0.717, 1.165) is 68.7 Å². The molecule has 0 atom stereocenters. The van der Waals surface area contributed by atoms with E-state index in [-0.39, 0.29) is 0 Å². The maximum Gasteiger partial charge on any atom is 0.224 e. The van der Waals surface area contributed by atoms with Crippen molar-refractivity contribution in [3.8, 4) is 5.69 Å². The SMILES string of the molecule is Cc1nn(-c2ccccc2)c(C)c1CN1CCC(Nc2nccc(N3CCCCCC3)n2)CC1. The number of hydrogen-bond donors (Lipinski definition) is 1. The van der Waals surface area contributed by atoms with Crippen LogP contribution in [0, 0.1) is 13.8 Å². The number of rotatable bonds is 6. The quantitative estimate of drug-likeness (QED) is 0.575. The van der Waals surface area contributed by atoms with Gasteiger partial charge in [-0.25, -0.2) is 9.67 Å². The van der Waals surface area contributed by atoms with Gasteiger partial charge in [-0.1, -0.05) is 31.0 Å². The first-order valence-electron chi connectivity index (χ1n) is 12.8. The Morgan fingerprint density at radius 2 is 1.65 bits per heavy atom. The van der Waals surface area contributed by atoms with E-state index < -0.39 is 0 Å². The minimum absolute atomic E-state index is 0.421. The van der Waals surface area contributed by atoms with E-state index in [1.165, 1.54) is 36.9 Å². The standard InChI is InChI=1S/C27H37N7/c1-21-25(22(2)34(31-21)24-10-6-5-7-11-24)20-32-18-13-23(14-19-32)29-27-28-15-12-26(30-27)33-16-8-3-4-9-17-33/h5-7,10-12,15,23H,3-4,8-9,13-14,16-20H2,1-2H3,(H,28,29,30). The van der Waals surface area contributed by atoms with Gasteiger partial charge in [0.05, 0.1) is 11.4 Å². The second kappa shape index (κ2) is 10.6. The van der Waals surface area contributed by atoms with Gasteiger partial charge in [0.25, 0.3) is 0 Å². The van der Waals surface area contributed by atoms with Gasteiger partial charge in [0, 0.05) is 56.2 Å².